The molecule has 0 fully saturated rings. The van der Waals surface area contributed by atoms with Gasteiger partial charge in [0.1, 0.15) is 5.69 Å². The number of aryl methyl sites for hydroxylation is 1. The number of benzene rings is 2. The van der Waals surface area contributed by atoms with E-state index in [-0.39, 0.29) is 17.5 Å². The van der Waals surface area contributed by atoms with Crippen molar-refractivity contribution in [2.75, 3.05) is 0 Å². The Hall–Kier alpha value is -3.18. The largest absolute Gasteiger partial charge is 0.348 e. The third kappa shape index (κ3) is 5.41. The first-order valence-corrected chi connectivity index (χ1v) is 9.21. The van der Waals surface area contributed by atoms with Gasteiger partial charge >= 0.3 is 0 Å². The van der Waals surface area contributed by atoms with E-state index in [0.29, 0.717) is 23.7 Å². The maximum Gasteiger partial charge on any atom is 0.270 e. The van der Waals surface area contributed by atoms with E-state index in [1.165, 1.54) is 12.3 Å². The SMILES string of the molecule is Cc1cccc(CNC(=O)c2cc(C(=O)NCc3ccc(Cl)cc3)ccn2)c1. The number of nitrogens with one attached hydrogen (secondary N) is 2. The third-order valence-corrected chi connectivity index (χ3v) is 4.41. The summed E-state index contributed by atoms with van der Waals surface area (Å²) in [5.41, 5.74) is 3.65. The number of rotatable bonds is 6. The number of carbonyl (C=O) groups excluding carboxylic acids is 2. The molecule has 0 radical (unpaired) electrons. The molecule has 5 nitrogen and oxygen atoms in total. The van der Waals surface area contributed by atoms with Crippen LogP contribution in [0.2, 0.25) is 5.02 Å². The summed E-state index contributed by atoms with van der Waals surface area (Å²) in [7, 11) is 0. The summed E-state index contributed by atoms with van der Waals surface area (Å²) in [4.78, 5) is 28.8. The van der Waals surface area contributed by atoms with Crippen molar-refractivity contribution in [2.45, 2.75) is 20.0 Å². The normalized spacial score (nSPS) is 10.4. The highest BCUT2D eigenvalue weighted by molar-refractivity contribution is 6.30. The van der Waals surface area contributed by atoms with Gasteiger partial charge in [0.05, 0.1) is 0 Å². The van der Waals surface area contributed by atoms with Gasteiger partial charge in [-0.15, -0.1) is 0 Å². The highest BCUT2D eigenvalue weighted by atomic mass is 35.5. The highest BCUT2D eigenvalue weighted by Gasteiger charge is 2.12. The standard InChI is InChI=1S/C22H20ClN3O2/c1-15-3-2-4-17(11-15)14-26-22(28)20-12-18(9-10-24-20)21(27)25-13-16-5-7-19(23)8-6-16/h2-12H,13-14H2,1H3,(H,25,27)(H,26,28). The van der Waals surface area contributed by atoms with Gasteiger partial charge in [-0.25, -0.2) is 0 Å². The van der Waals surface area contributed by atoms with E-state index in [9.17, 15) is 9.59 Å². The van der Waals surface area contributed by atoms with Gasteiger partial charge in [-0.05, 0) is 42.3 Å². The van der Waals surface area contributed by atoms with Gasteiger partial charge in [0, 0.05) is 29.9 Å². The van der Waals surface area contributed by atoms with Crippen molar-refractivity contribution >= 4 is 23.4 Å². The zero-order chi connectivity index (χ0) is 19.9. The fourth-order valence-electron chi connectivity index (χ4n) is 2.68. The van der Waals surface area contributed by atoms with Crippen molar-refractivity contribution in [1.82, 2.24) is 15.6 Å². The van der Waals surface area contributed by atoms with Crippen LogP contribution < -0.4 is 10.6 Å². The molecular formula is C22H20ClN3O2. The van der Waals surface area contributed by atoms with Crippen LogP contribution in [-0.4, -0.2) is 16.8 Å². The molecule has 0 saturated carbocycles. The minimum Gasteiger partial charge on any atom is -0.348 e. The lowest BCUT2D eigenvalue weighted by atomic mass is 10.1. The Kier molecular flexibility index (Phi) is 6.40. The molecule has 142 valence electrons. The van der Waals surface area contributed by atoms with Crippen molar-refractivity contribution in [3.05, 3.63) is 99.8 Å². The second kappa shape index (κ2) is 9.15. The third-order valence-electron chi connectivity index (χ3n) is 4.16. The van der Waals surface area contributed by atoms with Gasteiger partial charge in [-0.3, -0.25) is 14.6 Å². The number of pyridine rings is 1. The molecule has 0 bridgehead atoms. The van der Waals surface area contributed by atoms with E-state index in [0.717, 1.165) is 16.7 Å². The smallest absolute Gasteiger partial charge is 0.270 e. The fourth-order valence-corrected chi connectivity index (χ4v) is 2.80. The topological polar surface area (TPSA) is 71.1 Å². The second-order valence-corrected chi connectivity index (χ2v) is 6.85. The molecule has 1 aromatic heterocycles. The summed E-state index contributed by atoms with van der Waals surface area (Å²) in [5.74, 6) is -0.598. The van der Waals surface area contributed by atoms with Gasteiger partial charge in [0.15, 0.2) is 0 Å². The Morgan fingerprint density at radius 3 is 2.36 bits per heavy atom. The van der Waals surface area contributed by atoms with Crippen LogP contribution in [-0.2, 0) is 13.1 Å². The summed E-state index contributed by atoms with van der Waals surface area (Å²) < 4.78 is 0. The van der Waals surface area contributed by atoms with E-state index < -0.39 is 0 Å². The molecule has 0 aliphatic heterocycles. The number of carbonyl (C=O) groups is 2. The highest BCUT2D eigenvalue weighted by Crippen LogP contribution is 2.10. The monoisotopic (exact) mass is 393 g/mol. The zero-order valence-corrected chi connectivity index (χ0v) is 16.2. The van der Waals surface area contributed by atoms with Crippen LogP contribution in [0.15, 0.2) is 66.9 Å². The predicted octanol–water partition coefficient (Wildman–Crippen LogP) is 3.90. The van der Waals surface area contributed by atoms with Crippen molar-refractivity contribution in [3.63, 3.8) is 0 Å². The summed E-state index contributed by atoms with van der Waals surface area (Å²) in [6, 6.07) is 18.2. The molecule has 0 unspecified atom stereocenters. The average molecular weight is 394 g/mol. The molecule has 0 aliphatic carbocycles. The van der Waals surface area contributed by atoms with Crippen molar-refractivity contribution in [3.8, 4) is 0 Å². The Bertz CT molecular complexity index is 987. The van der Waals surface area contributed by atoms with E-state index in [4.69, 9.17) is 11.6 Å². The Labute approximate surface area is 168 Å². The molecule has 1 heterocycles. The fraction of sp³-hybridized carbons (Fsp3) is 0.136. The van der Waals surface area contributed by atoms with E-state index in [1.807, 2.05) is 43.3 Å². The lowest BCUT2D eigenvalue weighted by Gasteiger charge is -2.08. The molecule has 3 rings (SSSR count). The van der Waals surface area contributed by atoms with Crippen LogP contribution >= 0.6 is 11.6 Å². The second-order valence-electron chi connectivity index (χ2n) is 6.41. The van der Waals surface area contributed by atoms with Gasteiger partial charge < -0.3 is 10.6 Å². The van der Waals surface area contributed by atoms with Gasteiger partial charge in [-0.2, -0.15) is 0 Å². The maximum absolute atomic E-state index is 12.4. The quantitative estimate of drug-likeness (QED) is 0.667. The molecule has 6 heteroatoms. The van der Waals surface area contributed by atoms with Crippen LogP contribution in [0.5, 0.6) is 0 Å². The molecule has 2 amide bonds. The lowest BCUT2D eigenvalue weighted by Crippen LogP contribution is -2.26. The first-order chi connectivity index (χ1) is 13.5. The number of amides is 2. The molecule has 0 aliphatic rings. The van der Waals surface area contributed by atoms with Gasteiger partial charge in [-0.1, -0.05) is 53.6 Å². The van der Waals surface area contributed by atoms with Crippen molar-refractivity contribution < 1.29 is 9.59 Å². The number of hydrogen-bond donors (Lipinski definition) is 2. The molecule has 0 spiro atoms. The van der Waals surface area contributed by atoms with Crippen molar-refractivity contribution in [1.29, 1.82) is 0 Å². The Morgan fingerprint density at radius 1 is 0.893 bits per heavy atom. The van der Waals surface area contributed by atoms with Crippen LogP contribution in [0, 0.1) is 6.92 Å². The minimum atomic E-state index is -0.325. The van der Waals surface area contributed by atoms with E-state index >= 15 is 0 Å². The summed E-state index contributed by atoms with van der Waals surface area (Å²) in [6.07, 6.45) is 1.46. The molecule has 2 aromatic carbocycles. The van der Waals surface area contributed by atoms with Crippen molar-refractivity contribution in [2.24, 2.45) is 0 Å². The van der Waals surface area contributed by atoms with E-state index in [1.54, 1.807) is 18.2 Å². The first-order valence-electron chi connectivity index (χ1n) is 8.84. The van der Waals surface area contributed by atoms with Crippen LogP contribution in [0.25, 0.3) is 0 Å². The number of nitrogens with zero attached hydrogens (tertiary/aromatic N) is 1. The number of halogens is 1. The van der Waals surface area contributed by atoms with E-state index in [2.05, 4.69) is 15.6 Å². The zero-order valence-electron chi connectivity index (χ0n) is 15.4. The molecule has 2 N–H and O–H groups in total. The summed E-state index contributed by atoms with van der Waals surface area (Å²) in [5, 5.41) is 6.29. The van der Waals surface area contributed by atoms with Crippen LogP contribution in [0.3, 0.4) is 0 Å². The lowest BCUT2D eigenvalue weighted by molar-refractivity contribution is 0.0946. The summed E-state index contributed by atoms with van der Waals surface area (Å²) >= 11 is 5.86. The molecular weight excluding hydrogens is 374 g/mol. The van der Waals surface area contributed by atoms with Gasteiger partial charge in [0.2, 0.25) is 0 Å². The Balaban J connectivity index is 1.59. The Morgan fingerprint density at radius 2 is 1.61 bits per heavy atom. The number of hydrogen-bond acceptors (Lipinski definition) is 3. The maximum atomic E-state index is 12.4. The first kappa shape index (κ1) is 19.6. The minimum absolute atomic E-state index is 0.201. The summed E-state index contributed by atoms with van der Waals surface area (Å²) in [6.45, 7) is 2.77. The van der Waals surface area contributed by atoms with Crippen LogP contribution in [0.1, 0.15) is 37.5 Å². The van der Waals surface area contributed by atoms with Gasteiger partial charge in [0.25, 0.3) is 11.8 Å². The molecule has 0 atom stereocenters. The molecule has 0 saturated heterocycles. The molecule has 28 heavy (non-hydrogen) atoms. The number of aromatic nitrogens is 1. The average Bonchev–Trinajstić information content (AvgIpc) is 2.71. The molecule has 3 aromatic rings. The predicted molar refractivity (Wildman–Crippen MR) is 109 cm³/mol. The van der Waals surface area contributed by atoms with Crippen LogP contribution in [0.4, 0.5) is 0 Å².